The predicted molar refractivity (Wildman–Crippen MR) is 138 cm³/mol. The molecule has 8 heteroatoms. The fourth-order valence-electron chi connectivity index (χ4n) is 4.77. The molecule has 1 amide bonds. The Morgan fingerprint density at radius 3 is 2.53 bits per heavy atom. The Hall–Kier alpha value is -3.29. The molecule has 0 radical (unpaired) electrons. The normalized spacial score (nSPS) is 22.8. The largest absolute Gasteiger partial charge is 0.493 e. The number of anilines is 2. The Kier molecular flexibility index (Phi) is 5.62. The van der Waals surface area contributed by atoms with Crippen LogP contribution in [0, 0.1) is 12.8 Å². The lowest BCUT2D eigenvalue weighted by Gasteiger charge is -2.56. The number of rotatable bonds is 4. The van der Waals surface area contributed by atoms with E-state index in [1.165, 1.54) is 0 Å². The van der Waals surface area contributed by atoms with Gasteiger partial charge in [0.1, 0.15) is 5.92 Å². The molecule has 2 N–H and O–H groups in total. The van der Waals surface area contributed by atoms with Crippen molar-refractivity contribution in [2.24, 2.45) is 5.92 Å². The number of halogens is 1. The Labute approximate surface area is 208 Å². The van der Waals surface area contributed by atoms with Crippen molar-refractivity contribution >= 4 is 46.2 Å². The van der Waals surface area contributed by atoms with E-state index < -0.39 is 17.7 Å². The molecule has 0 aliphatic carbocycles. The minimum absolute atomic E-state index is 0.199. The number of methoxy groups -OCH3 is 1. The second kappa shape index (κ2) is 8.49. The van der Waals surface area contributed by atoms with Crippen molar-refractivity contribution in [1.29, 1.82) is 0 Å². The summed E-state index contributed by atoms with van der Waals surface area (Å²) in [6.45, 7) is 3.92. The molecule has 34 heavy (non-hydrogen) atoms. The van der Waals surface area contributed by atoms with Gasteiger partial charge in [-0.15, -0.1) is 0 Å². The lowest BCUT2D eigenvalue weighted by molar-refractivity contribution is -0.130. The lowest BCUT2D eigenvalue weighted by atomic mass is 9.78. The quantitative estimate of drug-likeness (QED) is 0.471. The van der Waals surface area contributed by atoms with Gasteiger partial charge < -0.3 is 20.1 Å². The molecule has 3 aromatic carbocycles. The van der Waals surface area contributed by atoms with Crippen molar-refractivity contribution in [1.82, 2.24) is 5.32 Å². The third-order valence-electron chi connectivity index (χ3n) is 6.40. The standard InChI is InChI=1S/C26H24ClN3O3S/c1-15-7-13-18(14-8-15)30-25(34)29-22-19-5-4-6-20(32-3)23(19)33-26(30,2)21(22)24(31)28-17-11-9-16(27)10-12-17/h4-14,21-22H,1-3H3,(H,28,31)(H,29,34)/t21-,22-,26+/m1/s1. The topological polar surface area (TPSA) is 62.8 Å². The number of nitrogens with zero attached hydrogens (tertiary/aromatic N) is 1. The maximum absolute atomic E-state index is 13.8. The summed E-state index contributed by atoms with van der Waals surface area (Å²) in [4.78, 5) is 15.7. The van der Waals surface area contributed by atoms with E-state index >= 15 is 0 Å². The summed E-state index contributed by atoms with van der Waals surface area (Å²) >= 11 is 11.8. The summed E-state index contributed by atoms with van der Waals surface area (Å²) in [6, 6.07) is 20.2. The van der Waals surface area contributed by atoms with Gasteiger partial charge in [-0.25, -0.2) is 0 Å². The molecular weight excluding hydrogens is 470 g/mol. The number of benzene rings is 3. The highest BCUT2D eigenvalue weighted by molar-refractivity contribution is 7.80. The Morgan fingerprint density at radius 2 is 1.85 bits per heavy atom. The fraction of sp³-hybridized carbons (Fsp3) is 0.231. The summed E-state index contributed by atoms with van der Waals surface area (Å²) in [5, 5.41) is 7.52. The van der Waals surface area contributed by atoms with Crippen LogP contribution in [0.5, 0.6) is 11.5 Å². The molecule has 2 aliphatic heterocycles. The Morgan fingerprint density at radius 1 is 1.15 bits per heavy atom. The number of amides is 1. The average Bonchev–Trinajstić information content (AvgIpc) is 2.81. The number of hydrogen-bond donors (Lipinski definition) is 2. The molecule has 0 aromatic heterocycles. The maximum atomic E-state index is 13.8. The summed E-state index contributed by atoms with van der Waals surface area (Å²) in [7, 11) is 1.60. The summed E-state index contributed by atoms with van der Waals surface area (Å²) in [6.07, 6.45) is 0. The van der Waals surface area contributed by atoms with E-state index in [1.54, 1.807) is 31.4 Å². The molecule has 0 unspecified atom stereocenters. The fourth-order valence-corrected chi connectivity index (χ4v) is 5.31. The van der Waals surface area contributed by atoms with Crippen LogP contribution in [0.4, 0.5) is 11.4 Å². The highest BCUT2D eigenvalue weighted by atomic mass is 35.5. The summed E-state index contributed by atoms with van der Waals surface area (Å²) < 4.78 is 12.3. The van der Waals surface area contributed by atoms with Crippen LogP contribution in [0.25, 0.3) is 0 Å². The third-order valence-corrected chi connectivity index (χ3v) is 6.95. The zero-order valence-corrected chi connectivity index (χ0v) is 20.5. The number of thiocarbonyl (C=S) groups is 1. The zero-order chi connectivity index (χ0) is 24.0. The minimum atomic E-state index is -1.12. The van der Waals surface area contributed by atoms with Gasteiger partial charge in [0.05, 0.1) is 13.2 Å². The van der Waals surface area contributed by atoms with E-state index in [-0.39, 0.29) is 5.91 Å². The van der Waals surface area contributed by atoms with Gasteiger partial charge in [0, 0.05) is 22.0 Å². The summed E-state index contributed by atoms with van der Waals surface area (Å²) in [5.41, 5.74) is 2.29. The molecule has 0 saturated carbocycles. The SMILES string of the molecule is COc1cccc2c1O[C@@]1(C)[C@@H](C(=O)Nc3ccc(Cl)cc3)[C@@H]2NC(=S)N1c1ccc(C)cc1. The smallest absolute Gasteiger partial charge is 0.236 e. The molecule has 3 atom stereocenters. The van der Waals surface area contributed by atoms with E-state index in [0.29, 0.717) is 27.3 Å². The molecule has 3 aromatic rings. The third kappa shape index (κ3) is 3.65. The van der Waals surface area contributed by atoms with Crippen molar-refractivity contribution in [3.63, 3.8) is 0 Å². The van der Waals surface area contributed by atoms with Crippen molar-refractivity contribution < 1.29 is 14.3 Å². The van der Waals surface area contributed by atoms with E-state index in [9.17, 15) is 4.79 Å². The first-order chi connectivity index (χ1) is 16.3. The first-order valence-corrected chi connectivity index (χ1v) is 11.7. The van der Waals surface area contributed by atoms with Crippen LogP contribution in [-0.2, 0) is 4.79 Å². The van der Waals surface area contributed by atoms with Crippen LogP contribution in [0.2, 0.25) is 5.02 Å². The second-order valence-corrected chi connectivity index (χ2v) is 9.43. The first kappa shape index (κ1) is 22.5. The molecule has 2 heterocycles. The lowest BCUT2D eigenvalue weighted by Crippen LogP contribution is -2.72. The van der Waals surface area contributed by atoms with Gasteiger partial charge in [-0.3, -0.25) is 9.69 Å². The van der Waals surface area contributed by atoms with Crippen LogP contribution in [0.15, 0.2) is 66.7 Å². The predicted octanol–water partition coefficient (Wildman–Crippen LogP) is 5.46. The highest BCUT2D eigenvalue weighted by Crippen LogP contribution is 2.52. The molecule has 5 rings (SSSR count). The van der Waals surface area contributed by atoms with E-state index in [4.69, 9.17) is 33.3 Å². The van der Waals surface area contributed by atoms with E-state index in [0.717, 1.165) is 16.8 Å². The maximum Gasteiger partial charge on any atom is 0.236 e. The van der Waals surface area contributed by atoms with Gasteiger partial charge in [-0.05, 0) is 68.5 Å². The van der Waals surface area contributed by atoms with Crippen LogP contribution >= 0.6 is 23.8 Å². The van der Waals surface area contributed by atoms with Crippen molar-refractivity contribution in [2.45, 2.75) is 25.6 Å². The van der Waals surface area contributed by atoms with Crippen LogP contribution in [0.3, 0.4) is 0 Å². The molecule has 0 spiro atoms. The number of para-hydroxylation sites is 1. The number of carbonyl (C=O) groups is 1. The number of fused-ring (bicyclic) bond motifs is 4. The number of hydrogen-bond acceptors (Lipinski definition) is 4. The number of aryl methyl sites for hydroxylation is 1. The monoisotopic (exact) mass is 493 g/mol. The molecule has 2 bridgehead atoms. The molecular formula is C26H24ClN3O3S. The van der Waals surface area contributed by atoms with Crippen LogP contribution in [0.1, 0.15) is 24.1 Å². The molecule has 174 valence electrons. The Balaban J connectivity index is 1.64. The van der Waals surface area contributed by atoms with Crippen molar-refractivity contribution in [3.05, 3.63) is 82.9 Å². The number of ether oxygens (including phenoxy) is 2. The summed E-state index contributed by atoms with van der Waals surface area (Å²) in [5.74, 6) is 0.357. The van der Waals surface area contributed by atoms with E-state index in [1.807, 2.05) is 61.2 Å². The zero-order valence-electron chi connectivity index (χ0n) is 19.0. The van der Waals surface area contributed by atoms with Crippen molar-refractivity contribution in [2.75, 3.05) is 17.3 Å². The van der Waals surface area contributed by atoms with Crippen LogP contribution < -0.4 is 25.0 Å². The average molecular weight is 494 g/mol. The van der Waals surface area contributed by atoms with E-state index in [2.05, 4.69) is 10.6 Å². The van der Waals surface area contributed by atoms with Gasteiger partial charge in [0.2, 0.25) is 5.91 Å². The molecule has 1 saturated heterocycles. The second-order valence-electron chi connectivity index (χ2n) is 8.61. The van der Waals surface area contributed by atoms with Crippen molar-refractivity contribution in [3.8, 4) is 11.5 Å². The van der Waals surface area contributed by atoms with Gasteiger partial charge in [-0.1, -0.05) is 41.4 Å². The number of nitrogens with one attached hydrogen (secondary N) is 2. The highest BCUT2D eigenvalue weighted by Gasteiger charge is 2.59. The van der Waals surface area contributed by atoms with Gasteiger partial charge in [0.15, 0.2) is 22.3 Å². The first-order valence-electron chi connectivity index (χ1n) is 10.9. The van der Waals surface area contributed by atoms with Gasteiger partial charge in [-0.2, -0.15) is 0 Å². The molecule has 6 nitrogen and oxygen atoms in total. The minimum Gasteiger partial charge on any atom is -0.493 e. The number of carbonyl (C=O) groups excluding carboxylic acids is 1. The Bertz CT molecular complexity index is 1270. The van der Waals surface area contributed by atoms with Gasteiger partial charge in [0.25, 0.3) is 0 Å². The molecule has 1 fully saturated rings. The van der Waals surface area contributed by atoms with Gasteiger partial charge >= 0.3 is 0 Å². The molecule has 2 aliphatic rings. The van der Waals surface area contributed by atoms with Crippen LogP contribution in [-0.4, -0.2) is 23.9 Å².